The molecule has 0 aliphatic heterocycles. The fourth-order valence-corrected chi connectivity index (χ4v) is 7.82. The molecule has 11 heteroatoms. The minimum atomic E-state index is -3.32. The lowest BCUT2D eigenvalue weighted by molar-refractivity contribution is 0.0555. The van der Waals surface area contributed by atoms with Gasteiger partial charge in [0.1, 0.15) is 10.6 Å². The summed E-state index contributed by atoms with van der Waals surface area (Å²) in [6, 6.07) is 19.8. The lowest BCUT2D eigenvalue weighted by Crippen LogP contribution is -2.46. The maximum Gasteiger partial charge on any atom is 0.407 e. The maximum atomic E-state index is 14.3. The van der Waals surface area contributed by atoms with E-state index in [1.165, 1.54) is 22.5 Å². The van der Waals surface area contributed by atoms with Crippen molar-refractivity contribution < 1.29 is 27.9 Å². The third kappa shape index (κ3) is 6.51. The summed E-state index contributed by atoms with van der Waals surface area (Å²) >= 11 is 8.14. The van der Waals surface area contributed by atoms with Gasteiger partial charge in [0.05, 0.1) is 17.0 Å². The Morgan fingerprint density at radius 3 is 2.21 bits per heavy atom. The van der Waals surface area contributed by atoms with Crippen molar-refractivity contribution in [1.29, 1.82) is 0 Å². The van der Waals surface area contributed by atoms with Gasteiger partial charge in [-0.15, -0.1) is 11.3 Å². The molecule has 1 aliphatic carbocycles. The second kappa shape index (κ2) is 12.6. The van der Waals surface area contributed by atoms with Crippen molar-refractivity contribution in [3.63, 3.8) is 0 Å². The zero-order valence-corrected chi connectivity index (χ0v) is 26.5. The topological polar surface area (TPSA) is 104 Å². The molecule has 0 spiro atoms. The molecule has 226 valence electrons. The molecular weight excluding hydrogens is 608 g/mol. The molecule has 0 unspecified atom stereocenters. The van der Waals surface area contributed by atoms with Crippen LogP contribution >= 0.6 is 22.9 Å². The highest BCUT2D eigenvalue weighted by Gasteiger charge is 2.34. The molecular formula is C32H33ClN2O6S2. The van der Waals surface area contributed by atoms with Gasteiger partial charge in [-0.2, -0.15) is 0 Å². The Morgan fingerprint density at radius 2 is 1.60 bits per heavy atom. The molecule has 1 fully saturated rings. The van der Waals surface area contributed by atoms with Crippen LogP contribution in [0, 0.1) is 0 Å². The number of nitrogens with zero attached hydrogens (tertiary/aromatic N) is 2. The first-order valence-electron chi connectivity index (χ1n) is 13.9. The van der Waals surface area contributed by atoms with Crippen LogP contribution in [0.5, 0.6) is 5.75 Å². The second-order valence-electron chi connectivity index (χ2n) is 10.9. The second-order valence-corrected chi connectivity index (χ2v) is 14.3. The summed E-state index contributed by atoms with van der Waals surface area (Å²) in [6.07, 6.45) is 2.79. The van der Waals surface area contributed by atoms with Crippen molar-refractivity contribution in [3.05, 3.63) is 82.2 Å². The van der Waals surface area contributed by atoms with Crippen LogP contribution in [0.2, 0.25) is 5.02 Å². The fraction of sp³-hybridized carbons (Fsp3) is 0.312. The monoisotopic (exact) mass is 640 g/mol. The van der Waals surface area contributed by atoms with Gasteiger partial charge in [-0.25, -0.2) is 13.2 Å². The van der Waals surface area contributed by atoms with Crippen molar-refractivity contribution in [2.24, 2.45) is 0 Å². The van der Waals surface area contributed by atoms with E-state index in [-0.39, 0.29) is 29.4 Å². The molecule has 4 aromatic rings. The maximum absolute atomic E-state index is 14.3. The number of fused-ring (bicyclic) bond motifs is 1. The van der Waals surface area contributed by atoms with E-state index in [2.05, 4.69) is 0 Å². The van der Waals surface area contributed by atoms with Crippen LogP contribution in [-0.2, 0) is 16.4 Å². The van der Waals surface area contributed by atoms with Crippen molar-refractivity contribution in [2.75, 3.05) is 20.4 Å². The minimum absolute atomic E-state index is 0.105. The van der Waals surface area contributed by atoms with Gasteiger partial charge in [-0.3, -0.25) is 4.79 Å². The van der Waals surface area contributed by atoms with Gasteiger partial charge in [0.25, 0.3) is 5.91 Å². The highest BCUT2D eigenvalue weighted by atomic mass is 35.5. The average Bonchev–Trinajstić information content (AvgIpc) is 3.35. The Balaban J connectivity index is 1.51. The number of hydrogen-bond acceptors (Lipinski definition) is 6. The Hall–Kier alpha value is -3.60. The number of benzene rings is 3. The van der Waals surface area contributed by atoms with Gasteiger partial charge in [0, 0.05) is 47.6 Å². The third-order valence-electron chi connectivity index (χ3n) is 8.18. The highest BCUT2D eigenvalue weighted by Crippen LogP contribution is 2.38. The van der Waals surface area contributed by atoms with E-state index in [0.717, 1.165) is 26.8 Å². The third-order valence-corrected chi connectivity index (χ3v) is 11.0. The summed E-state index contributed by atoms with van der Waals surface area (Å²) in [5.41, 5.74) is 2.48. The molecule has 1 saturated carbocycles. The largest absolute Gasteiger partial charge is 0.496 e. The molecule has 0 atom stereocenters. The van der Waals surface area contributed by atoms with Gasteiger partial charge in [-0.05, 0) is 67.1 Å². The molecule has 43 heavy (non-hydrogen) atoms. The van der Waals surface area contributed by atoms with Gasteiger partial charge in [0.15, 0.2) is 9.84 Å². The summed E-state index contributed by atoms with van der Waals surface area (Å²) in [6.45, 7) is 0.256. The number of hydrogen-bond donors (Lipinski definition) is 1. The van der Waals surface area contributed by atoms with E-state index < -0.39 is 15.9 Å². The molecule has 2 amide bonds. The summed E-state index contributed by atoms with van der Waals surface area (Å²) in [5.74, 6) is 0.447. The summed E-state index contributed by atoms with van der Waals surface area (Å²) in [4.78, 5) is 29.8. The van der Waals surface area contributed by atoms with Crippen LogP contribution in [0.25, 0.3) is 21.2 Å². The number of rotatable bonds is 8. The van der Waals surface area contributed by atoms with E-state index in [0.29, 0.717) is 41.3 Å². The first kappa shape index (κ1) is 30.8. The number of halogens is 1. The average molecular weight is 641 g/mol. The van der Waals surface area contributed by atoms with Crippen LogP contribution in [0.4, 0.5) is 4.79 Å². The van der Waals surface area contributed by atoms with Crippen molar-refractivity contribution in [3.8, 4) is 16.9 Å². The SMILES string of the molecule is COc1ccc(-c2ccc(S(C)(=O)=O)cc2)cc1CN(C(=O)c1sc2ccccc2c1Cl)C1CCC(N(C)C(=O)O)CC1. The Bertz CT molecular complexity index is 1760. The van der Waals surface area contributed by atoms with Crippen LogP contribution in [0.15, 0.2) is 71.6 Å². The van der Waals surface area contributed by atoms with Gasteiger partial charge in [0.2, 0.25) is 0 Å². The lowest BCUT2D eigenvalue weighted by atomic mass is 9.89. The molecule has 1 aromatic heterocycles. The number of ether oxygens (including phenoxy) is 1. The van der Waals surface area contributed by atoms with E-state index in [9.17, 15) is 23.1 Å². The molecule has 0 bridgehead atoms. The van der Waals surface area contributed by atoms with E-state index in [4.69, 9.17) is 16.3 Å². The van der Waals surface area contributed by atoms with Crippen molar-refractivity contribution in [2.45, 2.75) is 49.2 Å². The normalized spacial score (nSPS) is 17.0. The molecule has 1 heterocycles. The van der Waals surface area contributed by atoms with E-state index in [1.807, 2.05) is 47.4 Å². The zero-order chi connectivity index (χ0) is 30.9. The summed E-state index contributed by atoms with van der Waals surface area (Å²) in [7, 11) is -0.148. The standard InChI is InChI=1S/C32H33ClN2O6S2/c1-34(32(37)38)23-11-13-24(14-12-23)35(31(36)30-29(33)26-6-4-5-7-28(26)42-30)19-22-18-21(10-17-27(22)41-2)20-8-15-25(16-9-20)43(3,39)40/h4-10,15-18,23-24H,11-14,19H2,1-3H3,(H,37,38). The first-order valence-corrected chi connectivity index (χ1v) is 17.0. The molecule has 1 N–H and O–H groups in total. The lowest BCUT2D eigenvalue weighted by Gasteiger charge is -2.39. The fourth-order valence-electron chi connectivity index (χ4n) is 5.72. The Morgan fingerprint density at radius 1 is 0.977 bits per heavy atom. The molecule has 8 nitrogen and oxygen atoms in total. The number of carbonyl (C=O) groups excluding carboxylic acids is 1. The van der Waals surface area contributed by atoms with Crippen molar-refractivity contribution in [1.82, 2.24) is 9.80 Å². The Labute approximate surface area is 260 Å². The molecule has 3 aromatic carbocycles. The van der Waals surface area contributed by atoms with Gasteiger partial charge >= 0.3 is 6.09 Å². The van der Waals surface area contributed by atoms with Crippen LogP contribution in [0.1, 0.15) is 40.9 Å². The zero-order valence-electron chi connectivity index (χ0n) is 24.1. The number of methoxy groups -OCH3 is 1. The number of amides is 2. The molecule has 1 aliphatic rings. The van der Waals surface area contributed by atoms with Crippen LogP contribution in [-0.4, -0.2) is 67.8 Å². The number of sulfone groups is 1. The number of carbonyl (C=O) groups is 2. The first-order chi connectivity index (χ1) is 20.5. The van der Waals surface area contributed by atoms with Crippen molar-refractivity contribution >= 4 is 54.9 Å². The minimum Gasteiger partial charge on any atom is -0.496 e. The molecule has 0 saturated heterocycles. The summed E-state index contributed by atoms with van der Waals surface area (Å²) in [5, 5.41) is 10.7. The van der Waals surface area contributed by atoms with Crippen LogP contribution < -0.4 is 4.74 Å². The number of carboxylic acid groups (broad SMARTS) is 1. The molecule has 5 rings (SSSR count). The Kier molecular flexibility index (Phi) is 9.01. The summed E-state index contributed by atoms with van der Waals surface area (Å²) < 4.78 is 30.5. The predicted molar refractivity (Wildman–Crippen MR) is 170 cm³/mol. The predicted octanol–water partition coefficient (Wildman–Crippen LogP) is 7.20. The number of thiophene rings is 1. The molecule has 0 radical (unpaired) electrons. The smallest absolute Gasteiger partial charge is 0.407 e. The van der Waals surface area contributed by atoms with Gasteiger partial charge < -0.3 is 19.6 Å². The van der Waals surface area contributed by atoms with E-state index >= 15 is 0 Å². The van der Waals surface area contributed by atoms with Gasteiger partial charge in [-0.1, -0.05) is 48.0 Å². The van der Waals surface area contributed by atoms with Crippen LogP contribution in [0.3, 0.4) is 0 Å². The quantitative estimate of drug-likeness (QED) is 0.218. The highest BCUT2D eigenvalue weighted by molar-refractivity contribution is 7.90. The van der Waals surface area contributed by atoms with E-state index in [1.54, 1.807) is 38.4 Å².